The van der Waals surface area contributed by atoms with Gasteiger partial charge < -0.3 is 14.8 Å². The van der Waals surface area contributed by atoms with E-state index < -0.39 is 6.10 Å². The van der Waals surface area contributed by atoms with Crippen LogP contribution in [0.4, 0.5) is 0 Å². The lowest BCUT2D eigenvalue weighted by Gasteiger charge is -2.17. The molecule has 0 amide bonds. The van der Waals surface area contributed by atoms with Gasteiger partial charge >= 0.3 is 0 Å². The average Bonchev–Trinajstić information content (AvgIpc) is 2.70. The summed E-state index contributed by atoms with van der Waals surface area (Å²) in [7, 11) is 1.85. The number of fused-ring (bicyclic) bond motifs is 1. The van der Waals surface area contributed by atoms with Crippen LogP contribution in [0, 0.1) is 0 Å². The number of nitrogens with one attached hydrogen (secondary N) is 1. The highest BCUT2D eigenvalue weighted by molar-refractivity contribution is 5.56. The Hall–Kier alpha value is -1.32. The second kappa shape index (κ2) is 4.04. The van der Waals surface area contributed by atoms with Crippen molar-refractivity contribution >= 4 is 5.52 Å². The monoisotopic (exact) mass is 204 g/mol. The summed E-state index contributed by atoms with van der Waals surface area (Å²) in [6.45, 7) is 1.97. The van der Waals surface area contributed by atoms with Crippen LogP contribution in [-0.2, 0) is 0 Å². The zero-order valence-corrected chi connectivity index (χ0v) is 9.01. The van der Waals surface area contributed by atoms with E-state index in [0.717, 1.165) is 11.1 Å². The minimum absolute atomic E-state index is 0.0522. The van der Waals surface area contributed by atoms with Crippen LogP contribution in [0.3, 0.4) is 0 Å². The van der Waals surface area contributed by atoms with Gasteiger partial charge in [-0.1, -0.05) is 6.07 Å². The molecular formula is C12H16N2O. The fourth-order valence-electron chi connectivity index (χ4n) is 1.75. The first-order valence-corrected chi connectivity index (χ1v) is 5.15. The Morgan fingerprint density at radius 2 is 2.07 bits per heavy atom. The van der Waals surface area contributed by atoms with Crippen LogP contribution < -0.4 is 5.32 Å². The van der Waals surface area contributed by atoms with E-state index in [1.165, 1.54) is 0 Å². The fourth-order valence-corrected chi connectivity index (χ4v) is 1.75. The van der Waals surface area contributed by atoms with Gasteiger partial charge in [-0.15, -0.1) is 0 Å². The molecule has 2 unspecified atom stereocenters. The second-order valence-electron chi connectivity index (χ2n) is 3.79. The van der Waals surface area contributed by atoms with E-state index in [2.05, 4.69) is 5.32 Å². The van der Waals surface area contributed by atoms with Crippen molar-refractivity contribution in [2.24, 2.45) is 0 Å². The topological polar surface area (TPSA) is 36.7 Å². The van der Waals surface area contributed by atoms with E-state index in [9.17, 15) is 5.11 Å². The number of nitrogens with zero attached hydrogens (tertiary/aromatic N) is 1. The van der Waals surface area contributed by atoms with Gasteiger partial charge in [0, 0.05) is 24.0 Å². The number of aliphatic hydroxyl groups excluding tert-OH is 1. The van der Waals surface area contributed by atoms with Crippen molar-refractivity contribution in [3.8, 4) is 0 Å². The van der Waals surface area contributed by atoms with Crippen LogP contribution in [0.25, 0.3) is 5.52 Å². The summed E-state index contributed by atoms with van der Waals surface area (Å²) in [4.78, 5) is 0. The molecule has 3 nitrogen and oxygen atoms in total. The highest BCUT2D eigenvalue weighted by Crippen LogP contribution is 2.22. The highest BCUT2D eigenvalue weighted by Gasteiger charge is 2.17. The van der Waals surface area contributed by atoms with Crippen LogP contribution in [0.15, 0.2) is 36.7 Å². The maximum absolute atomic E-state index is 10.1. The molecule has 0 bridgehead atoms. The van der Waals surface area contributed by atoms with Gasteiger partial charge in [-0.2, -0.15) is 0 Å². The molecular weight excluding hydrogens is 188 g/mol. The zero-order valence-electron chi connectivity index (χ0n) is 9.01. The van der Waals surface area contributed by atoms with Crippen LogP contribution in [0.1, 0.15) is 18.6 Å². The molecule has 0 fully saturated rings. The second-order valence-corrected chi connectivity index (χ2v) is 3.79. The minimum Gasteiger partial charge on any atom is -0.387 e. The third kappa shape index (κ3) is 1.76. The third-order valence-corrected chi connectivity index (χ3v) is 2.85. The van der Waals surface area contributed by atoms with E-state index in [1.807, 2.05) is 55.0 Å². The number of hydrogen-bond donors (Lipinski definition) is 2. The lowest BCUT2D eigenvalue weighted by atomic mass is 10.1. The van der Waals surface area contributed by atoms with Gasteiger partial charge in [0.05, 0.1) is 11.6 Å². The number of rotatable bonds is 3. The Labute approximate surface area is 89.4 Å². The van der Waals surface area contributed by atoms with E-state index >= 15 is 0 Å². The summed E-state index contributed by atoms with van der Waals surface area (Å²) >= 11 is 0. The average molecular weight is 204 g/mol. The first-order valence-electron chi connectivity index (χ1n) is 5.15. The Bertz CT molecular complexity index is 450. The smallest absolute Gasteiger partial charge is 0.0960 e. The van der Waals surface area contributed by atoms with Crippen molar-refractivity contribution < 1.29 is 5.11 Å². The first-order chi connectivity index (χ1) is 7.24. The Kier molecular flexibility index (Phi) is 2.75. The molecule has 2 aromatic heterocycles. The normalized spacial score (nSPS) is 15.4. The van der Waals surface area contributed by atoms with Gasteiger partial charge in [-0.25, -0.2) is 0 Å². The van der Waals surface area contributed by atoms with Crippen molar-refractivity contribution in [3.63, 3.8) is 0 Å². The third-order valence-electron chi connectivity index (χ3n) is 2.85. The summed E-state index contributed by atoms with van der Waals surface area (Å²) in [5, 5.41) is 13.2. The first kappa shape index (κ1) is 10.2. The van der Waals surface area contributed by atoms with E-state index in [1.54, 1.807) is 0 Å². The molecule has 0 aromatic carbocycles. The quantitative estimate of drug-likeness (QED) is 0.796. The molecule has 0 spiro atoms. The molecule has 3 heteroatoms. The zero-order chi connectivity index (χ0) is 10.8. The SMILES string of the molecule is CNC(C)C(O)c1ccn2ccccc12. The summed E-state index contributed by atoms with van der Waals surface area (Å²) in [6, 6.07) is 7.99. The summed E-state index contributed by atoms with van der Waals surface area (Å²) in [5.41, 5.74) is 2.03. The molecule has 0 aliphatic rings. The number of aliphatic hydroxyl groups is 1. The van der Waals surface area contributed by atoms with E-state index in [4.69, 9.17) is 0 Å². The molecule has 15 heavy (non-hydrogen) atoms. The maximum atomic E-state index is 10.1. The van der Waals surface area contributed by atoms with Crippen LogP contribution in [0.2, 0.25) is 0 Å². The van der Waals surface area contributed by atoms with E-state index in [0.29, 0.717) is 0 Å². The van der Waals surface area contributed by atoms with Crippen LogP contribution in [0.5, 0.6) is 0 Å². The van der Waals surface area contributed by atoms with Crippen molar-refractivity contribution in [2.45, 2.75) is 19.1 Å². The Morgan fingerprint density at radius 3 is 2.80 bits per heavy atom. The number of pyridine rings is 1. The summed E-state index contributed by atoms with van der Waals surface area (Å²) in [5.74, 6) is 0. The summed E-state index contributed by atoms with van der Waals surface area (Å²) < 4.78 is 2.01. The maximum Gasteiger partial charge on any atom is 0.0960 e. The van der Waals surface area contributed by atoms with Crippen LogP contribution in [-0.4, -0.2) is 22.6 Å². The number of likely N-dealkylation sites (N-methyl/N-ethyl adjacent to an activating group) is 1. The fraction of sp³-hybridized carbons (Fsp3) is 0.333. The molecule has 0 saturated heterocycles. The number of aromatic nitrogens is 1. The predicted molar refractivity (Wildman–Crippen MR) is 60.9 cm³/mol. The molecule has 0 radical (unpaired) electrons. The van der Waals surface area contributed by atoms with Gasteiger partial charge in [-0.05, 0) is 32.2 Å². The molecule has 0 aliphatic carbocycles. The Balaban J connectivity index is 2.43. The largest absolute Gasteiger partial charge is 0.387 e. The predicted octanol–water partition coefficient (Wildman–Crippen LogP) is 1.58. The van der Waals surface area contributed by atoms with Crippen molar-refractivity contribution in [3.05, 3.63) is 42.2 Å². The highest BCUT2D eigenvalue weighted by atomic mass is 16.3. The lowest BCUT2D eigenvalue weighted by molar-refractivity contribution is 0.141. The molecule has 2 atom stereocenters. The van der Waals surface area contributed by atoms with Crippen molar-refractivity contribution in [1.82, 2.24) is 9.72 Å². The molecule has 80 valence electrons. The molecule has 2 N–H and O–H groups in total. The summed E-state index contributed by atoms with van der Waals surface area (Å²) in [6.07, 6.45) is 3.48. The minimum atomic E-state index is -0.470. The lowest BCUT2D eigenvalue weighted by Crippen LogP contribution is -2.28. The van der Waals surface area contributed by atoms with Gasteiger partial charge in [0.15, 0.2) is 0 Å². The van der Waals surface area contributed by atoms with Gasteiger partial charge in [0.2, 0.25) is 0 Å². The molecule has 2 aromatic rings. The van der Waals surface area contributed by atoms with Crippen molar-refractivity contribution in [1.29, 1.82) is 0 Å². The van der Waals surface area contributed by atoms with Crippen molar-refractivity contribution in [2.75, 3.05) is 7.05 Å². The molecule has 2 rings (SSSR count). The number of hydrogen-bond acceptors (Lipinski definition) is 2. The standard InChI is InChI=1S/C12H16N2O/c1-9(13-2)12(15)10-6-8-14-7-4-3-5-11(10)14/h3-9,12-13,15H,1-2H3. The Morgan fingerprint density at radius 1 is 1.27 bits per heavy atom. The van der Waals surface area contributed by atoms with E-state index in [-0.39, 0.29) is 6.04 Å². The van der Waals surface area contributed by atoms with Crippen LogP contribution >= 0.6 is 0 Å². The molecule has 2 heterocycles. The van der Waals surface area contributed by atoms with Gasteiger partial charge in [-0.3, -0.25) is 0 Å². The van der Waals surface area contributed by atoms with Gasteiger partial charge in [0.25, 0.3) is 0 Å². The molecule has 0 aliphatic heterocycles. The molecule has 0 saturated carbocycles. The van der Waals surface area contributed by atoms with Gasteiger partial charge in [0.1, 0.15) is 0 Å².